The summed E-state index contributed by atoms with van der Waals surface area (Å²) in [7, 11) is 1.56. The average molecular weight is 355 g/mol. The number of fused-ring (bicyclic) bond motifs is 3. The summed E-state index contributed by atoms with van der Waals surface area (Å²) in [6.45, 7) is 0.455. The Bertz CT molecular complexity index is 949. The van der Waals surface area contributed by atoms with E-state index in [1.54, 1.807) is 13.2 Å². The van der Waals surface area contributed by atoms with Crippen LogP contribution in [0.25, 0.3) is 21.9 Å². The molecule has 26 heavy (non-hydrogen) atoms. The van der Waals surface area contributed by atoms with Gasteiger partial charge in [0.15, 0.2) is 0 Å². The quantitative estimate of drug-likeness (QED) is 0.565. The largest absolute Gasteiger partial charge is 0.495 e. The predicted octanol–water partition coefficient (Wildman–Crippen LogP) is 3.37. The number of furan rings is 1. The smallest absolute Gasteiger partial charge is 0.312 e. The fourth-order valence-electron chi connectivity index (χ4n) is 2.85. The Morgan fingerprint density at radius 2 is 1.92 bits per heavy atom. The summed E-state index contributed by atoms with van der Waals surface area (Å²) in [6, 6.07) is 10.8. The van der Waals surface area contributed by atoms with Gasteiger partial charge in [-0.3, -0.25) is 4.79 Å². The standard InChI is InChI=1S/C19H21N3O4/c1-25-17-10-13-12-6-2-3-7-15(12)26-16(13)11-14(17)22-18(23)8-4-5-9-21-19(20)24/h2-3,6-7,10-11H,4-5,8-9H2,1H3,(H,22,23)(H3,20,21,24). The van der Waals surface area contributed by atoms with E-state index in [1.165, 1.54) is 0 Å². The van der Waals surface area contributed by atoms with Crippen LogP contribution in [-0.4, -0.2) is 25.6 Å². The summed E-state index contributed by atoms with van der Waals surface area (Å²) in [6.07, 6.45) is 1.65. The van der Waals surface area contributed by atoms with Gasteiger partial charge in [-0.05, 0) is 25.0 Å². The van der Waals surface area contributed by atoms with Crippen molar-refractivity contribution in [1.29, 1.82) is 0 Å². The summed E-state index contributed by atoms with van der Waals surface area (Å²) in [5.74, 6) is 0.450. The number of carbonyl (C=O) groups is 2. The molecule has 0 unspecified atom stereocenters. The van der Waals surface area contributed by atoms with E-state index in [9.17, 15) is 9.59 Å². The van der Waals surface area contributed by atoms with Gasteiger partial charge in [-0.1, -0.05) is 18.2 Å². The Morgan fingerprint density at radius 1 is 1.12 bits per heavy atom. The molecule has 0 saturated carbocycles. The number of methoxy groups -OCH3 is 1. The van der Waals surface area contributed by atoms with E-state index >= 15 is 0 Å². The first kappa shape index (κ1) is 17.6. The molecule has 2 aromatic carbocycles. The van der Waals surface area contributed by atoms with E-state index in [-0.39, 0.29) is 5.91 Å². The summed E-state index contributed by atoms with van der Waals surface area (Å²) < 4.78 is 11.3. The van der Waals surface area contributed by atoms with E-state index in [0.29, 0.717) is 42.8 Å². The minimum atomic E-state index is -0.557. The van der Waals surface area contributed by atoms with Crippen molar-refractivity contribution >= 4 is 39.6 Å². The molecule has 3 amide bonds. The molecule has 0 aliphatic carbocycles. The van der Waals surface area contributed by atoms with Crippen molar-refractivity contribution in [3.8, 4) is 5.75 Å². The summed E-state index contributed by atoms with van der Waals surface area (Å²) in [5.41, 5.74) is 7.03. The number of ether oxygens (including phenoxy) is 1. The van der Waals surface area contributed by atoms with Gasteiger partial charge in [-0.2, -0.15) is 0 Å². The zero-order valence-electron chi connectivity index (χ0n) is 14.5. The Hall–Kier alpha value is -3.22. The maximum absolute atomic E-state index is 12.2. The summed E-state index contributed by atoms with van der Waals surface area (Å²) in [5, 5.41) is 7.29. The molecule has 0 aliphatic rings. The molecule has 0 spiro atoms. The Labute approximate surface area is 150 Å². The first-order valence-corrected chi connectivity index (χ1v) is 8.41. The minimum Gasteiger partial charge on any atom is -0.495 e. The number of anilines is 1. The molecule has 0 fully saturated rings. The van der Waals surface area contributed by atoms with Crippen LogP contribution in [0.3, 0.4) is 0 Å². The van der Waals surface area contributed by atoms with Crippen molar-refractivity contribution in [2.45, 2.75) is 19.3 Å². The molecule has 4 N–H and O–H groups in total. The van der Waals surface area contributed by atoms with E-state index in [0.717, 1.165) is 16.4 Å². The van der Waals surface area contributed by atoms with E-state index in [2.05, 4.69) is 10.6 Å². The second-order valence-electron chi connectivity index (χ2n) is 5.94. The highest BCUT2D eigenvalue weighted by Crippen LogP contribution is 2.36. The normalized spacial score (nSPS) is 10.8. The molecule has 0 radical (unpaired) electrons. The highest BCUT2D eigenvalue weighted by Gasteiger charge is 2.14. The lowest BCUT2D eigenvalue weighted by atomic mass is 10.1. The number of hydrogen-bond donors (Lipinski definition) is 3. The van der Waals surface area contributed by atoms with E-state index < -0.39 is 6.03 Å². The number of nitrogens with two attached hydrogens (primary N) is 1. The first-order valence-electron chi connectivity index (χ1n) is 8.41. The van der Waals surface area contributed by atoms with Gasteiger partial charge in [0.25, 0.3) is 0 Å². The van der Waals surface area contributed by atoms with Gasteiger partial charge < -0.3 is 25.5 Å². The molecule has 0 saturated heterocycles. The highest BCUT2D eigenvalue weighted by molar-refractivity contribution is 6.07. The molecule has 0 bridgehead atoms. The van der Waals surface area contributed by atoms with Crippen molar-refractivity contribution < 1.29 is 18.7 Å². The van der Waals surface area contributed by atoms with Gasteiger partial charge in [0, 0.05) is 29.8 Å². The number of nitrogens with one attached hydrogen (secondary N) is 2. The SMILES string of the molecule is COc1cc2c(cc1NC(=O)CCCCNC(N)=O)oc1ccccc12. The lowest BCUT2D eigenvalue weighted by Crippen LogP contribution is -2.30. The fraction of sp³-hybridized carbons (Fsp3) is 0.263. The number of amides is 3. The zero-order valence-corrected chi connectivity index (χ0v) is 14.5. The van der Waals surface area contributed by atoms with Crippen LogP contribution in [0.4, 0.5) is 10.5 Å². The maximum atomic E-state index is 12.2. The number of rotatable bonds is 7. The van der Waals surface area contributed by atoms with Crippen LogP contribution in [0.2, 0.25) is 0 Å². The maximum Gasteiger partial charge on any atom is 0.312 e. The van der Waals surface area contributed by atoms with Crippen molar-refractivity contribution in [2.24, 2.45) is 5.73 Å². The van der Waals surface area contributed by atoms with Gasteiger partial charge in [-0.15, -0.1) is 0 Å². The first-order chi connectivity index (χ1) is 12.6. The third-order valence-corrected chi connectivity index (χ3v) is 4.10. The molecular formula is C19H21N3O4. The van der Waals surface area contributed by atoms with Gasteiger partial charge >= 0.3 is 6.03 Å². The molecule has 1 heterocycles. The minimum absolute atomic E-state index is 0.127. The number of urea groups is 1. The van der Waals surface area contributed by atoms with Gasteiger partial charge in [0.2, 0.25) is 5.91 Å². The molecule has 3 aromatic rings. The topological polar surface area (TPSA) is 107 Å². The number of unbranched alkanes of at least 4 members (excludes halogenated alkanes) is 1. The Kier molecular flexibility index (Phi) is 5.26. The van der Waals surface area contributed by atoms with Crippen LogP contribution in [-0.2, 0) is 4.79 Å². The van der Waals surface area contributed by atoms with E-state index in [1.807, 2.05) is 30.3 Å². The van der Waals surface area contributed by atoms with Crippen molar-refractivity contribution in [1.82, 2.24) is 5.32 Å². The zero-order chi connectivity index (χ0) is 18.5. The average Bonchev–Trinajstić information content (AvgIpc) is 2.97. The second-order valence-corrected chi connectivity index (χ2v) is 5.94. The Balaban J connectivity index is 1.71. The number of benzene rings is 2. The monoisotopic (exact) mass is 355 g/mol. The molecule has 0 aliphatic heterocycles. The summed E-state index contributed by atoms with van der Waals surface area (Å²) >= 11 is 0. The van der Waals surface area contributed by atoms with Crippen molar-refractivity contribution in [3.05, 3.63) is 36.4 Å². The summed E-state index contributed by atoms with van der Waals surface area (Å²) in [4.78, 5) is 22.8. The lowest BCUT2D eigenvalue weighted by Gasteiger charge is -2.10. The highest BCUT2D eigenvalue weighted by atomic mass is 16.5. The predicted molar refractivity (Wildman–Crippen MR) is 100 cm³/mol. The van der Waals surface area contributed by atoms with E-state index in [4.69, 9.17) is 14.9 Å². The van der Waals surface area contributed by atoms with Gasteiger partial charge in [-0.25, -0.2) is 4.79 Å². The number of para-hydroxylation sites is 1. The Morgan fingerprint density at radius 3 is 2.69 bits per heavy atom. The number of primary amides is 1. The van der Waals surface area contributed by atoms with Gasteiger partial charge in [0.05, 0.1) is 12.8 Å². The molecule has 3 rings (SSSR count). The fourth-order valence-corrected chi connectivity index (χ4v) is 2.85. The third kappa shape index (κ3) is 3.88. The second kappa shape index (κ2) is 7.77. The van der Waals surface area contributed by atoms with Crippen LogP contribution in [0.5, 0.6) is 5.75 Å². The van der Waals surface area contributed by atoms with Crippen LogP contribution < -0.4 is 21.1 Å². The van der Waals surface area contributed by atoms with Crippen molar-refractivity contribution in [2.75, 3.05) is 19.0 Å². The molecule has 1 aromatic heterocycles. The van der Waals surface area contributed by atoms with Crippen molar-refractivity contribution in [3.63, 3.8) is 0 Å². The van der Waals surface area contributed by atoms with Gasteiger partial charge in [0.1, 0.15) is 16.9 Å². The molecular weight excluding hydrogens is 334 g/mol. The molecule has 7 heteroatoms. The number of carbonyl (C=O) groups excluding carboxylic acids is 2. The van der Waals surface area contributed by atoms with Crippen LogP contribution in [0.1, 0.15) is 19.3 Å². The molecule has 0 atom stereocenters. The van der Waals surface area contributed by atoms with Crippen LogP contribution >= 0.6 is 0 Å². The lowest BCUT2D eigenvalue weighted by molar-refractivity contribution is -0.116. The third-order valence-electron chi connectivity index (χ3n) is 4.10. The molecule has 7 nitrogen and oxygen atoms in total. The number of hydrogen-bond acceptors (Lipinski definition) is 4. The molecule has 136 valence electrons. The van der Waals surface area contributed by atoms with Crippen LogP contribution in [0.15, 0.2) is 40.8 Å². The van der Waals surface area contributed by atoms with Crippen LogP contribution in [0, 0.1) is 0 Å².